The molecule has 0 aliphatic carbocycles. The van der Waals surface area contributed by atoms with Crippen molar-refractivity contribution < 1.29 is 0 Å². The Morgan fingerprint density at radius 2 is 2.19 bits per heavy atom. The van der Waals surface area contributed by atoms with E-state index in [-0.39, 0.29) is 0 Å². The number of aliphatic imine (C=N–C) groups is 1. The second-order valence-corrected chi connectivity index (χ2v) is 5.85. The smallest absolute Gasteiger partial charge is 0.191 e. The van der Waals surface area contributed by atoms with Crippen LogP contribution in [0.15, 0.2) is 46.9 Å². The van der Waals surface area contributed by atoms with E-state index in [0.29, 0.717) is 5.92 Å². The number of nitrogens with one attached hydrogen (secondary N) is 2. The average molecular weight is 302 g/mol. The molecule has 0 aromatic carbocycles. The molecule has 2 rings (SSSR count). The molecule has 0 spiro atoms. The van der Waals surface area contributed by atoms with Gasteiger partial charge in [0.1, 0.15) is 0 Å². The lowest BCUT2D eigenvalue weighted by Gasteiger charge is -2.15. The van der Waals surface area contributed by atoms with Crippen LogP contribution in [0.5, 0.6) is 0 Å². The maximum atomic E-state index is 4.31. The average Bonchev–Trinajstić information content (AvgIpc) is 3.06. The van der Waals surface area contributed by atoms with Crippen LogP contribution in [-0.4, -0.2) is 31.1 Å². The quantitative estimate of drug-likeness (QED) is 0.637. The van der Waals surface area contributed by atoms with Crippen LogP contribution in [0.3, 0.4) is 0 Å². The number of thiophene rings is 1. The molecule has 21 heavy (non-hydrogen) atoms. The van der Waals surface area contributed by atoms with E-state index in [9.17, 15) is 0 Å². The molecule has 2 N–H and O–H groups in total. The van der Waals surface area contributed by atoms with Crippen molar-refractivity contribution in [2.24, 2.45) is 4.99 Å². The summed E-state index contributed by atoms with van der Waals surface area (Å²) in [6.45, 7) is 3.92. The van der Waals surface area contributed by atoms with E-state index in [1.165, 1.54) is 4.88 Å². The van der Waals surface area contributed by atoms with Crippen molar-refractivity contribution in [3.63, 3.8) is 0 Å². The maximum Gasteiger partial charge on any atom is 0.191 e. The highest BCUT2D eigenvalue weighted by Gasteiger charge is 2.07. The number of hydrogen-bond donors (Lipinski definition) is 2. The van der Waals surface area contributed by atoms with Crippen LogP contribution in [0, 0.1) is 0 Å². The Hall–Kier alpha value is -1.88. The molecule has 112 valence electrons. The summed E-state index contributed by atoms with van der Waals surface area (Å²) in [4.78, 5) is 9.96. The van der Waals surface area contributed by atoms with Gasteiger partial charge in [-0.2, -0.15) is 0 Å². The van der Waals surface area contributed by atoms with E-state index in [0.717, 1.165) is 31.2 Å². The van der Waals surface area contributed by atoms with E-state index >= 15 is 0 Å². The zero-order chi connectivity index (χ0) is 14.9. The molecular weight excluding hydrogens is 280 g/mol. The standard InChI is InChI=1S/C16H22N4S/c1-13(15-7-5-11-21-15)12-20-16(17-2)19-10-8-14-6-3-4-9-18-14/h3-7,9,11,13H,8,10,12H2,1-2H3,(H2,17,19,20). The SMILES string of the molecule is CN=C(NCCc1ccccn1)NCC(C)c1cccs1. The van der Waals surface area contributed by atoms with Gasteiger partial charge in [-0.15, -0.1) is 11.3 Å². The Morgan fingerprint density at radius 3 is 2.86 bits per heavy atom. The van der Waals surface area contributed by atoms with Crippen LogP contribution < -0.4 is 10.6 Å². The Morgan fingerprint density at radius 1 is 1.29 bits per heavy atom. The first-order valence-electron chi connectivity index (χ1n) is 7.17. The third-order valence-corrected chi connectivity index (χ3v) is 4.33. The monoisotopic (exact) mass is 302 g/mol. The van der Waals surface area contributed by atoms with Gasteiger partial charge in [0.2, 0.25) is 0 Å². The van der Waals surface area contributed by atoms with Crippen LogP contribution in [-0.2, 0) is 6.42 Å². The van der Waals surface area contributed by atoms with Crippen LogP contribution in [0.2, 0.25) is 0 Å². The molecule has 0 bridgehead atoms. The highest BCUT2D eigenvalue weighted by molar-refractivity contribution is 7.10. The summed E-state index contributed by atoms with van der Waals surface area (Å²) in [6, 6.07) is 10.3. The van der Waals surface area contributed by atoms with Crippen molar-refractivity contribution in [1.82, 2.24) is 15.6 Å². The van der Waals surface area contributed by atoms with Gasteiger partial charge in [-0.1, -0.05) is 19.1 Å². The third-order valence-electron chi connectivity index (χ3n) is 3.23. The Bertz CT molecular complexity index is 537. The van der Waals surface area contributed by atoms with Crippen LogP contribution in [0.4, 0.5) is 0 Å². The molecule has 0 aliphatic heterocycles. The molecule has 1 unspecified atom stereocenters. The van der Waals surface area contributed by atoms with E-state index in [1.807, 2.05) is 24.4 Å². The van der Waals surface area contributed by atoms with Gasteiger partial charge in [-0.3, -0.25) is 9.98 Å². The highest BCUT2D eigenvalue weighted by Crippen LogP contribution is 2.19. The predicted octanol–water partition coefficient (Wildman–Crippen LogP) is 2.65. The Labute approximate surface area is 130 Å². The Balaban J connectivity index is 1.71. The molecule has 1 atom stereocenters. The fourth-order valence-corrected chi connectivity index (χ4v) is 2.78. The molecule has 0 saturated heterocycles. The molecule has 0 fully saturated rings. The van der Waals surface area contributed by atoms with Crippen molar-refractivity contribution in [2.75, 3.05) is 20.1 Å². The first-order chi connectivity index (χ1) is 10.3. The predicted molar refractivity (Wildman–Crippen MR) is 90.0 cm³/mol. The largest absolute Gasteiger partial charge is 0.356 e. The van der Waals surface area contributed by atoms with Crippen molar-refractivity contribution in [3.05, 3.63) is 52.5 Å². The fraction of sp³-hybridized carbons (Fsp3) is 0.375. The third kappa shape index (κ3) is 5.19. The lowest BCUT2D eigenvalue weighted by Crippen LogP contribution is -2.39. The highest BCUT2D eigenvalue weighted by atomic mass is 32.1. The number of hydrogen-bond acceptors (Lipinski definition) is 3. The molecule has 0 amide bonds. The minimum absolute atomic E-state index is 0.486. The van der Waals surface area contributed by atoms with E-state index in [2.05, 4.69) is 45.0 Å². The zero-order valence-corrected chi connectivity index (χ0v) is 13.4. The summed E-state index contributed by atoms with van der Waals surface area (Å²) >= 11 is 1.80. The first-order valence-corrected chi connectivity index (χ1v) is 8.05. The summed E-state index contributed by atoms with van der Waals surface area (Å²) < 4.78 is 0. The van der Waals surface area contributed by atoms with Gasteiger partial charge >= 0.3 is 0 Å². The fourth-order valence-electron chi connectivity index (χ4n) is 2.00. The second-order valence-electron chi connectivity index (χ2n) is 4.87. The number of aromatic nitrogens is 1. The van der Waals surface area contributed by atoms with Crippen molar-refractivity contribution in [1.29, 1.82) is 0 Å². The van der Waals surface area contributed by atoms with Crippen LogP contribution in [0.25, 0.3) is 0 Å². The number of rotatable bonds is 6. The molecule has 4 nitrogen and oxygen atoms in total. The van der Waals surface area contributed by atoms with Gasteiger partial charge in [-0.25, -0.2) is 0 Å². The summed E-state index contributed by atoms with van der Waals surface area (Å²) in [6.07, 6.45) is 2.72. The minimum atomic E-state index is 0.486. The van der Waals surface area contributed by atoms with Crippen molar-refractivity contribution in [2.45, 2.75) is 19.3 Å². The van der Waals surface area contributed by atoms with Gasteiger partial charge in [0.05, 0.1) is 0 Å². The lowest BCUT2D eigenvalue weighted by molar-refractivity contribution is 0.705. The molecule has 2 aromatic heterocycles. The molecule has 0 saturated carbocycles. The molecule has 5 heteroatoms. The van der Waals surface area contributed by atoms with Gasteiger partial charge in [0.15, 0.2) is 5.96 Å². The van der Waals surface area contributed by atoms with Gasteiger partial charge in [0, 0.05) is 49.2 Å². The van der Waals surface area contributed by atoms with Crippen molar-refractivity contribution >= 4 is 17.3 Å². The maximum absolute atomic E-state index is 4.31. The van der Waals surface area contributed by atoms with Crippen LogP contribution >= 0.6 is 11.3 Å². The lowest BCUT2D eigenvalue weighted by atomic mass is 10.1. The molecular formula is C16H22N4S. The Kier molecular flexibility index (Phi) is 6.22. The minimum Gasteiger partial charge on any atom is -0.356 e. The van der Waals surface area contributed by atoms with Gasteiger partial charge in [-0.05, 0) is 23.6 Å². The number of guanidine groups is 1. The number of nitrogens with zero attached hydrogens (tertiary/aromatic N) is 2. The normalized spacial score (nSPS) is 13.0. The molecule has 2 aromatic rings. The molecule has 0 radical (unpaired) electrons. The van der Waals surface area contributed by atoms with Crippen molar-refractivity contribution in [3.8, 4) is 0 Å². The van der Waals surface area contributed by atoms with E-state index < -0.39 is 0 Å². The molecule has 0 aliphatic rings. The summed E-state index contributed by atoms with van der Waals surface area (Å²) in [5.41, 5.74) is 1.09. The van der Waals surface area contributed by atoms with Gasteiger partial charge < -0.3 is 10.6 Å². The summed E-state index contributed by atoms with van der Waals surface area (Å²) in [5.74, 6) is 1.33. The van der Waals surface area contributed by atoms with Gasteiger partial charge in [0.25, 0.3) is 0 Å². The summed E-state index contributed by atoms with van der Waals surface area (Å²) in [5, 5.41) is 8.81. The number of pyridine rings is 1. The van der Waals surface area contributed by atoms with Crippen LogP contribution in [0.1, 0.15) is 23.4 Å². The van der Waals surface area contributed by atoms with E-state index in [1.54, 1.807) is 18.4 Å². The van der Waals surface area contributed by atoms with E-state index in [4.69, 9.17) is 0 Å². The topological polar surface area (TPSA) is 49.3 Å². The second kappa shape index (κ2) is 8.42. The molecule has 2 heterocycles. The first kappa shape index (κ1) is 15.5. The summed E-state index contributed by atoms with van der Waals surface area (Å²) in [7, 11) is 1.80. The zero-order valence-electron chi connectivity index (χ0n) is 12.5.